The first kappa shape index (κ1) is 18.8. The summed E-state index contributed by atoms with van der Waals surface area (Å²) >= 11 is 0. The number of amides is 3. The van der Waals surface area contributed by atoms with Crippen molar-refractivity contribution in [1.29, 1.82) is 0 Å². The summed E-state index contributed by atoms with van der Waals surface area (Å²) in [5.41, 5.74) is 1.64. The van der Waals surface area contributed by atoms with Crippen LogP contribution in [0.5, 0.6) is 0 Å². The molecule has 4 aliphatic rings. The van der Waals surface area contributed by atoms with Gasteiger partial charge in [-0.15, -0.1) is 0 Å². The molecule has 3 saturated heterocycles. The van der Waals surface area contributed by atoms with Gasteiger partial charge in [-0.3, -0.25) is 24.2 Å². The zero-order chi connectivity index (χ0) is 21.3. The van der Waals surface area contributed by atoms with Crippen molar-refractivity contribution in [3.8, 4) is 0 Å². The Morgan fingerprint density at radius 1 is 0.935 bits per heavy atom. The maximum Gasteiger partial charge on any atom is 0.253 e. The highest BCUT2D eigenvalue weighted by Crippen LogP contribution is 2.61. The Bertz CT molecular complexity index is 1100. The molecular weight excluding hydrogens is 390 g/mol. The second kappa shape index (κ2) is 6.50. The third kappa shape index (κ3) is 2.18. The van der Waals surface area contributed by atoms with E-state index >= 15 is 0 Å². The summed E-state index contributed by atoms with van der Waals surface area (Å²) in [7, 11) is 0. The van der Waals surface area contributed by atoms with Gasteiger partial charge in [-0.05, 0) is 37.9 Å². The number of para-hydroxylation sites is 1. The summed E-state index contributed by atoms with van der Waals surface area (Å²) in [4.78, 5) is 46.9. The predicted molar refractivity (Wildman–Crippen MR) is 115 cm³/mol. The lowest BCUT2D eigenvalue weighted by atomic mass is 9.75. The highest BCUT2D eigenvalue weighted by Gasteiger charge is 2.75. The van der Waals surface area contributed by atoms with E-state index in [9.17, 15) is 14.4 Å². The number of hydrogen-bond donors (Lipinski definition) is 0. The first-order chi connectivity index (χ1) is 15.1. The van der Waals surface area contributed by atoms with E-state index in [1.54, 1.807) is 4.90 Å². The number of hydrogen-bond acceptors (Lipinski definition) is 4. The lowest BCUT2D eigenvalue weighted by molar-refractivity contribution is -0.146. The number of imide groups is 1. The smallest absolute Gasteiger partial charge is 0.253 e. The quantitative estimate of drug-likeness (QED) is 0.723. The minimum absolute atomic E-state index is 0.0432. The van der Waals surface area contributed by atoms with Crippen molar-refractivity contribution in [3.63, 3.8) is 0 Å². The number of benzene rings is 2. The van der Waals surface area contributed by atoms with Crippen LogP contribution in [0, 0.1) is 11.8 Å². The molecule has 2 aromatic rings. The molecule has 2 aromatic carbocycles. The maximum absolute atomic E-state index is 14.0. The van der Waals surface area contributed by atoms with Crippen molar-refractivity contribution in [2.75, 3.05) is 18.0 Å². The third-order valence-electron chi connectivity index (χ3n) is 7.74. The van der Waals surface area contributed by atoms with Crippen LogP contribution in [-0.4, -0.2) is 46.7 Å². The Labute approximate surface area is 181 Å². The zero-order valence-electron chi connectivity index (χ0n) is 17.5. The van der Waals surface area contributed by atoms with Crippen LogP contribution >= 0.6 is 0 Å². The van der Waals surface area contributed by atoms with E-state index in [1.165, 1.54) is 4.90 Å². The minimum atomic E-state index is -1.06. The average molecular weight is 415 g/mol. The Morgan fingerprint density at radius 2 is 1.68 bits per heavy atom. The molecule has 158 valence electrons. The normalized spacial score (nSPS) is 31.6. The molecule has 3 fully saturated rings. The fourth-order valence-electron chi connectivity index (χ4n) is 6.64. The largest absolute Gasteiger partial charge is 0.310 e. The van der Waals surface area contributed by atoms with E-state index in [0.29, 0.717) is 6.54 Å². The van der Waals surface area contributed by atoms with Gasteiger partial charge in [-0.25, -0.2) is 0 Å². The van der Waals surface area contributed by atoms with Crippen molar-refractivity contribution in [1.82, 2.24) is 9.80 Å². The number of rotatable bonds is 3. The molecule has 0 aliphatic carbocycles. The van der Waals surface area contributed by atoms with Gasteiger partial charge in [0.1, 0.15) is 5.54 Å². The number of nitrogens with zero attached hydrogens (tertiary/aromatic N) is 3. The summed E-state index contributed by atoms with van der Waals surface area (Å²) in [6, 6.07) is 17.4. The van der Waals surface area contributed by atoms with Crippen LogP contribution in [0.25, 0.3) is 0 Å². The topological polar surface area (TPSA) is 60.9 Å². The lowest BCUT2D eigenvalue weighted by Gasteiger charge is -2.37. The molecule has 0 saturated carbocycles. The van der Waals surface area contributed by atoms with Crippen molar-refractivity contribution in [2.45, 2.75) is 37.9 Å². The van der Waals surface area contributed by atoms with Gasteiger partial charge in [0.15, 0.2) is 0 Å². The number of likely N-dealkylation sites (N-methyl/N-ethyl adjacent to an activating group) is 1. The highest BCUT2D eigenvalue weighted by atomic mass is 16.2. The van der Waals surface area contributed by atoms with E-state index in [0.717, 1.165) is 36.2 Å². The molecule has 31 heavy (non-hydrogen) atoms. The fraction of sp³-hybridized carbons (Fsp3) is 0.400. The summed E-state index contributed by atoms with van der Waals surface area (Å²) < 4.78 is 0. The molecular formula is C25H25N3O3. The molecule has 0 radical (unpaired) electrons. The molecule has 6 nitrogen and oxygen atoms in total. The first-order valence-corrected chi connectivity index (χ1v) is 11.2. The van der Waals surface area contributed by atoms with E-state index in [4.69, 9.17) is 0 Å². The van der Waals surface area contributed by atoms with Crippen molar-refractivity contribution in [3.05, 3.63) is 65.7 Å². The van der Waals surface area contributed by atoms with E-state index in [2.05, 4.69) is 4.90 Å². The lowest BCUT2D eigenvalue weighted by Crippen LogP contribution is -2.55. The number of anilines is 1. The van der Waals surface area contributed by atoms with Crippen molar-refractivity contribution in [2.24, 2.45) is 11.8 Å². The number of fused-ring (bicyclic) bond motifs is 7. The van der Waals surface area contributed by atoms with Crippen molar-refractivity contribution >= 4 is 23.4 Å². The minimum Gasteiger partial charge on any atom is -0.310 e. The van der Waals surface area contributed by atoms with Gasteiger partial charge >= 0.3 is 0 Å². The Hall–Kier alpha value is -2.99. The van der Waals surface area contributed by atoms with Crippen LogP contribution in [0.4, 0.5) is 5.69 Å². The van der Waals surface area contributed by atoms with Crippen LogP contribution in [0.3, 0.4) is 0 Å². The second-order valence-electron chi connectivity index (χ2n) is 8.99. The summed E-state index contributed by atoms with van der Waals surface area (Å²) in [5, 5.41) is 0. The van der Waals surface area contributed by atoms with Crippen LogP contribution in [0.15, 0.2) is 54.6 Å². The molecule has 4 aliphatic heterocycles. The van der Waals surface area contributed by atoms with Gasteiger partial charge in [-0.2, -0.15) is 0 Å². The molecule has 6 heteroatoms. The van der Waals surface area contributed by atoms with Gasteiger partial charge in [-0.1, -0.05) is 48.5 Å². The molecule has 0 N–H and O–H groups in total. The maximum atomic E-state index is 14.0. The number of carbonyl (C=O) groups is 3. The molecule has 3 amide bonds. The summed E-state index contributed by atoms with van der Waals surface area (Å²) in [6.07, 6.45) is 1.79. The number of carbonyl (C=O) groups excluding carboxylic acids is 3. The highest BCUT2D eigenvalue weighted by molar-refractivity contribution is 6.16. The molecule has 0 aromatic heterocycles. The van der Waals surface area contributed by atoms with Gasteiger partial charge in [0, 0.05) is 23.8 Å². The fourth-order valence-corrected chi connectivity index (χ4v) is 6.64. The summed E-state index contributed by atoms with van der Waals surface area (Å²) in [5.74, 6) is -1.47. The Morgan fingerprint density at radius 3 is 2.45 bits per heavy atom. The van der Waals surface area contributed by atoms with Crippen LogP contribution in [0.1, 0.15) is 30.9 Å². The van der Waals surface area contributed by atoms with Crippen LogP contribution in [-0.2, 0) is 26.5 Å². The average Bonchev–Trinajstić information content (AvgIpc) is 3.49. The van der Waals surface area contributed by atoms with Crippen molar-refractivity contribution < 1.29 is 14.4 Å². The van der Waals surface area contributed by atoms with E-state index < -0.39 is 17.4 Å². The molecule has 0 unspecified atom stereocenters. The molecule has 1 spiro atoms. The SMILES string of the molecule is CCN1C(=O)[C@@]2(c3ccccc31)[C@H]1C(=O)N(Cc3ccccc3)C(=O)[C@@H]1[C@H]1CCCN12. The molecule has 0 bridgehead atoms. The predicted octanol–water partition coefficient (Wildman–Crippen LogP) is 2.53. The van der Waals surface area contributed by atoms with E-state index in [1.807, 2.05) is 61.5 Å². The zero-order valence-corrected chi connectivity index (χ0v) is 17.5. The van der Waals surface area contributed by atoms with Gasteiger partial charge in [0.25, 0.3) is 5.91 Å². The van der Waals surface area contributed by atoms with Crippen LogP contribution in [0.2, 0.25) is 0 Å². The van der Waals surface area contributed by atoms with Gasteiger partial charge in [0.05, 0.1) is 18.4 Å². The molecule has 4 atom stereocenters. The summed E-state index contributed by atoms with van der Waals surface area (Å²) in [6.45, 7) is 3.52. The van der Waals surface area contributed by atoms with Gasteiger partial charge < -0.3 is 4.90 Å². The number of likely N-dealkylation sites (tertiary alicyclic amines) is 1. The van der Waals surface area contributed by atoms with Crippen LogP contribution < -0.4 is 4.90 Å². The molecule has 6 rings (SSSR count). The van der Waals surface area contributed by atoms with Gasteiger partial charge in [0.2, 0.25) is 11.8 Å². The molecule has 4 heterocycles. The Kier molecular flexibility index (Phi) is 3.93. The third-order valence-corrected chi connectivity index (χ3v) is 7.74. The Balaban J connectivity index is 1.51. The monoisotopic (exact) mass is 415 g/mol. The standard InChI is InChI=1S/C25H25N3O3/c1-2-26-18-12-7-6-11-17(18)25(24(26)31)21-20(19-13-8-14-28(19)25)22(29)27(23(21)30)15-16-9-4-3-5-10-16/h3-7,9-12,19-21H,2,8,13-15H2,1H3/t19-,20-,21-,25-/m1/s1. The first-order valence-electron chi connectivity index (χ1n) is 11.2. The second-order valence-corrected chi connectivity index (χ2v) is 8.99. The van der Waals surface area contributed by atoms with E-state index in [-0.39, 0.29) is 30.3 Å².